The highest BCUT2D eigenvalue weighted by molar-refractivity contribution is 5.87. The van der Waals surface area contributed by atoms with Gasteiger partial charge in [-0.2, -0.15) is 15.0 Å². The summed E-state index contributed by atoms with van der Waals surface area (Å²) in [5.41, 5.74) is 11.5. The van der Waals surface area contributed by atoms with E-state index in [0.29, 0.717) is 22.8 Å². The van der Waals surface area contributed by atoms with Crippen LogP contribution in [0.25, 0.3) is 6.08 Å². The number of benzene rings is 1. The Morgan fingerprint density at radius 1 is 0.962 bits per heavy atom. The van der Waals surface area contributed by atoms with Gasteiger partial charge in [0.1, 0.15) is 5.75 Å². The summed E-state index contributed by atoms with van der Waals surface area (Å²) in [6.45, 7) is -0.191. The molecule has 0 aliphatic rings. The highest BCUT2D eigenvalue weighted by atomic mass is 16.5. The molecule has 0 saturated carbocycles. The largest absolute Gasteiger partial charge is 0.496 e. The molecule has 0 saturated heterocycles. The van der Waals surface area contributed by atoms with Gasteiger partial charge < -0.3 is 30.4 Å². The Morgan fingerprint density at radius 2 is 1.54 bits per heavy atom. The molecule has 0 fully saturated rings. The summed E-state index contributed by atoms with van der Waals surface area (Å²) in [6.07, 6.45) is 2.76. The van der Waals surface area contributed by atoms with Crippen LogP contribution in [0, 0.1) is 0 Å². The summed E-state index contributed by atoms with van der Waals surface area (Å²) in [6, 6.07) is 3.33. The number of hydrogen-bond acceptors (Lipinski definition) is 10. The van der Waals surface area contributed by atoms with Crippen molar-refractivity contribution < 1.29 is 23.7 Å². The molecule has 2 rings (SSSR count). The van der Waals surface area contributed by atoms with E-state index in [1.807, 2.05) is 0 Å². The van der Waals surface area contributed by atoms with Crippen molar-refractivity contribution >= 4 is 23.9 Å². The Balaban J connectivity index is 2.09. The van der Waals surface area contributed by atoms with Gasteiger partial charge in [0.15, 0.2) is 23.9 Å². The fraction of sp³-hybridized carbons (Fsp3) is 0.250. The van der Waals surface area contributed by atoms with Gasteiger partial charge in [-0.15, -0.1) is 0 Å². The minimum absolute atomic E-state index is 0.0471. The fourth-order valence-corrected chi connectivity index (χ4v) is 2.05. The molecular formula is C16H19N5O5. The van der Waals surface area contributed by atoms with Gasteiger partial charge in [0, 0.05) is 17.7 Å². The van der Waals surface area contributed by atoms with Gasteiger partial charge in [-0.05, 0) is 12.1 Å². The number of methoxy groups -OCH3 is 3. The van der Waals surface area contributed by atoms with Crippen molar-refractivity contribution in [3.05, 3.63) is 29.6 Å². The Hall–Kier alpha value is -3.56. The third-order valence-corrected chi connectivity index (χ3v) is 3.19. The number of nitrogens with two attached hydrogens (primary N) is 2. The first kappa shape index (κ1) is 18.8. The predicted octanol–water partition coefficient (Wildman–Crippen LogP) is 0.818. The first-order valence-corrected chi connectivity index (χ1v) is 7.37. The number of nitrogen functional groups attached to an aromatic ring is 2. The molecule has 1 heterocycles. The van der Waals surface area contributed by atoms with E-state index in [2.05, 4.69) is 15.0 Å². The van der Waals surface area contributed by atoms with E-state index in [1.54, 1.807) is 12.1 Å². The molecule has 138 valence electrons. The van der Waals surface area contributed by atoms with Crippen molar-refractivity contribution in [1.29, 1.82) is 0 Å². The Kier molecular flexibility index (Phi) is 6.15. The first-order valence-electron chi connectivity index (χ1n) is 7.37. The van der Waals surface area contributed by atoms with Crippen LogP contribution in [-0.4, -0.2) is 42.3 Å². The molecule has 0 unspecified atom stereocenters. The maximum atomic E-state index is 11.9. The zero-order chi connectivity index (χ0) is 19.1. The van der Waals surface area contributed by atoms with Crippen LogP contribution in [0.2, 0.25) is 0 Å². The molecule has 4 N–H and O–H groups in total. The molecule has 0 amide bonds. The topological polar surface area (TPSA) is 145 Å². The third-order valence-electron chi connectivity index (χ3n) is 3.19. The number of aromatic nitrogens is 3. The number of anilines is 2. The molecule has 0 spiro atoms. The van der Waals surface area contributed by atoms with Crippen molar-refractivity contribution in [3.63, 3.8) is 0 Å². The van der Waals surface area contributed by atoms with Crippen molar-refractivity contribution in [2.75, 3.05) is 32.8 Å². The Bertz CT molecular complexity index is 805. The Morgan fingerprint density at radius 3 is 2.12 bits per heavy atom. The van der Waals surface area contributed by atoms with E-state index in [4.69, 9.17) is 30.4 Å². The molecule has 0 aliphatic carbocycles. The third kappa shape index (κ3) is 4.72. The van der Waals surface area contributed by atoms with Gasteiger partial charge in [0.25, 0.3) is 0 Å². The zero-order valence-electron chi connectivity index (χ0n) is 14.6. The molecule has 0 bridgehead atoms. The summed E-state index contributed by atoms with van der Waals surface area (Å²) in [7, 11) is 4.54. The molecular weight excluding hydrogens is 342 g/mol. The molecule has 1 aromatic heterocycles. The minimum atomic E-state index is -0.612. The predicted molar refractivity (Wildman–Crippen MR) is 93.6 cm³/mol. The monoisotopic (exact) mass is 361 g/mol. The molecule has 10 heteroatoms. The standard InChI is InChI=1S/C16H19N5O5/c1-23-10-7-12(25-3)11(24-2)6-9(10)4-5-14(22)26-8-13-19-15(17)21-16(18)20-13/h4-7H,8H2,1-3H3,(H4,17,18,19,20,21)/b5-4+. The Labute approximate surface area is 149 Å². The first-order chi connectivity index (χ1) is 12.5. The highest BCUT2D eigenvalue weighted by Gasteiger charge is 2.11. The van der Waals surface area contributed by atoms with Crippen LogP contribution in [0.1, 0.15) is 11.4 Å². The van der Waals surface area contributed by atoms with E-state index < -0.39 is 5.97 Å². The summed E-state index contributed by atoms with van der Waals surface area (Å²) >= 11 is 0. The molecule has 2 aromatic rings. The van der Waals surface area contributed by atoms with Gasteiger partial charge in [0.05, 0.1) is 21.3 Å². The molecule has 26 heavy (non-hydrogen) atoms. The van der Waals surface area contributed by atoms with E-state index in [1.165, 1.54) is 33.5 Å². The maximum absolute atomic E-state index is 11.9. The number of ether oxygens (including phenoxy) is 4. The van der Waals surface area contributed by atoms with E-state index in [-0.39, 0.29) is 24.3 Å². The number of carbonyl (C=O) groups is 1. The van der Waals surface area contributed by atoms with Crippen LogP contribution >= 0.6 is 0 Å². The number of hydrogen-bond donors (Lipinski definition) is 2. The highest BCUT2D eigenvalue weighted by Crippen LogP contribution is 2.35. The smallest absolute Gasteiger partial charge is 0.331 e. The second kappa shape index (κ2) is 8.51. The molecule has 0 atom stereocenters. The van der Waals surface area contributed by atoms with E-state index in [9.17, 15) is 4.79 Å². The summed E-state index contributed by atoms with van der Waals surface area (Å²) in [5.74, 6) is 0.958. The average Bonchev–Trinajstić information content (AvgIpc) is 2.63. The summed E-state index contributed by atoms with van der Waals surface area (Å²) in [5, 5.41) is 0. The van der Waals surface area contributed by atoms with Crippen LogP contribution < -0.4 is 25.7 Å². The van der Waals surface area contributed by atoms with Crippen molar-refractivity contribution in [2.24, 2.45) is 0 Å². The average molecular weight is 361 g/mol. The van der Waals surface area contributed by atoms with Gasteiger partial charge in [-0.25, -0.2) is 4.79 Å². The number of carbonyl (C=O) groups excluding carboxylic acids is 1. The zero-order valence-corrected chi connectivity index (χ0v) is 14.6. The van der Waals surface area contributed by atoms with Crippen molar-refractivity contribution in [1.82, 2.24) is 15.0 Å². The van der Waals surface area contributed by atoms with Gasteiger partial charge in [-0.3, -0.25) is 0 Å². The van der Waals surface area contributed by atoms with E-state index >= 15 is 0 Å². The van der Waals surface area contributed by atoms with Crippen LogP contribution in [0.5, 0.6) is 17.2 Å². The molecule has 0 aliphatic heterocycles. The van der Waals surface area contributed by atoms with Crippen LogP contribution in [0.15, 0.2) is 18.2 Å². The normalized spacial score (nSPS) is 10.6. The second-order valence-corrected chi connectivity index (χ2v) is 4.86. The second-order valence-electron chi connectivity index (χ2n) is 4.86. The van der Waals surface area contributed by atoms with Gasteiger partial charge in [-0.1, -0.05) is 0 Å². The maximum Gasteiger partial charge on any atom is 0.331 e. The van der Waals surface area contributed by atoms with Crippen LogP contribution in [0.4, 0.5) is 11.9 Å². The van der Waals surface area contributed by atoms with Crippen molar-refractivity contribution in [2.45, 2.75) is 6.61 Å². The van der Waals surface area contributed by atoms with Crippen LogP contribution in [0.3, 0.4) is 0 Å². The fourth-order valence-electron chi connectivity index (χ4n) is 2.05. The lowest BCUT2D eigenvalue weighted by molar-refractivity contribution is -0.139. The molecule has 1 aromatic carbocycles. The SMILES string of the molecule is COc1cc(OC)c(OC)cc1/C=C/C(=O)OCc1nc(N)nc(N)n1. The lowest BCUT2D eigenvalue weighted by Gasteiger charge is -2.12. The number of rotatable bonds is 7. The quantitative estimate of drug-likeness (QED) is 0.537. The van der Waals surface area contributed by atoms with Gasteiger partial charge >= 0.3 is 5.97 Å². The van der Waals surface area contributed by atoms with Crippen LogP contribution in [-0.2, 0) is 16.1 Å². The number of esters is 1. The number of nitrogens with zero attached hydrogens (tertiary/aromatic N) is 3. The lowest BCUT2D eigenvalue weighted by atomic mass is 10.1. The molecule has 0 radical (unpaired) electrons. The molecule has 10 nitrogen and oxygen atoms in total. The van der Waals surface area contributed by atoms with E-state index in [0.717, 1.165) is 0 Å². The lowest BCUT2D eigenvalue weighted by Crippen LogP contribution is -2.09. The van der Waals surface area contributed by atoms with Gasteiger partial charge in [0.2, 0.25) is 11.9 Å². The summed E-state index contributed by atoms with van der Waals surface area (Å²) < 4.78 is 20.8. The van der Waals surface area contributed by atoms with Crippen molar-refractivity contribution in [3.8, 4) is 17.2 Å². The minimum Gasteiger partial charge on any atom is -0.496 e. The summed E-state index contributed by atoms with van der Waals surface area (Å²) in [4.78, 5) is 23.2.